The van der Waals surface area contributed by atoms with Gasteiger partial charge in [-0.2, -0.15) is 0 Å². The lowest BCUT2D eigenvalue weighted by atomic mass is 9.56. The number of aliphatic hydroxyl groups excluding tert-OH is 5. The fraction of sp³-hybridized carbons (Fsp3) is 0.531. The number of fused-ring (bicyclic) bond motifs is 5. The van der Waals surface area contributed by atoms with Crippen LogP contribution in [0.1, 0.15) is 114 Å². The van der Waals surface area contributed by atoms with E-state index in [1.807, 2.05) is 30.3 Å². The van der Waals surface area contributed by atoms with Crippen molar-refractivity contribution in [2.75, 3.05) is 17.8 Å². The van der Waals surface area contributed by atoms with E-state index in [4.69, 9.17) is 9.47 Å². The van der Waals surface area contributed by atoms with Gasteiger partial charge in [0.1, 0.15) is 46.7 Å². The van der Waals surface area contributed by atoms with Crippen LogP contribution in [0.3, 0.4) is 0 Å². The van der Waals surface area contributed by atoms with Crippen molar-refractivity contribution in [3.8, 4) is 5.75 Å². The van der Waals surface area contributed by atoms with E-state index >= 15 is 9.59 Å². The first-order chi connectivity index (χ1) is 30.8. The average Bonchev–Trinajstić information content (AvgIpc) is 3.78. The number of anilines is 1. The standard InChI is InChI=1S/C49H58N2O11S2/c52-25-30-9-6-8-29(20-30)21-31-22-34-41(55)33-10-7-11-35-40(33)43(57)49(34,37(54)23-31)38(12-18-47(59)16-2-1-3-17-47)64-63-28-51-39-24-32(13-19-50-39)46(14-4-5-15-46)27-48(60)42(56)36(26-53)62-45(61-35)44(48)58/h6-11,13,19-20,22-24,34,36,38,42,44-45,52-54,56,58-60H,1-5,12,14-18,21,25-28H2,(H,50,51)/t34-,36-,38+,42-,44+,45-,48+,49+/m1/s1. The largest absolute Gasteiger partial charge is 0.511 e. The Bertz CT molecular complexity index is 2310. The van der Waals surface area contributed by atoms with Crippen molar-refractivity contribution < 1.29 is 54.8 Å². The van der Waals surface area contributed by atoms with Gasteiger partial charge in [0.2, 0.25) is 6.29 Å². The molecule has 0 unspecified atom stereocenters. The average molecular weight is 915 g/mol. The van der Waals surface area contributed by atoms with Gasteiger partial charge in [0.05, 0.1) is 36.2 Å². The third-order valence-electron chi connectivity index (χ3n) is 15.0. The molecule has 3 heterocycles. The Labute approximate surface area is 380 Å². The molecule has 1 aromatic heterocycles. The zero-order chi connectivity index (χ0) is 44.9. The third-order valence-corrected chi connectivity index (χ3v) is 17.7. The van der Waals surface area contributed by atoms with Gasteiger partial charge in [-0.15, -0.1) is 0 Å². The smallest absolute Gasteiger partial charge is 0.229 e. The molecule has 13 nitrogen and oxygen atoms in total. The topological polar surface area (TPSA) is 219 Å². The van der Waals surface area contributed by atoms with Crippen LogP contribution in [-0.2, 0) is 23.2 Å². The zero-order valence-electron chi connectivity index (χ0n) is 35.7. The van der Waals surface area contributed by atoms with Crippen molar-refractivity contribution in [2.45, 2.75) is 137 Å². The molecule has 2 aromatic carbocycles. The Morgan fingerprint density at radius 3 is 2.41 bits per heavy atom. The van der Waals surface area contributed by atoms with Crippen molar-refractivity contribution in [3.05, 3.63) is 112 Å². The maximum atomic E-state index is 15.9. The van der Waals surface area contributed by atoms with Gasteiger partial charge in [-0.3, -0.25) is 9.59 Å². The Kier molecular flexibility index (Phi) is 12.9. The molecule has 2 aliphatic heterocycles. The summed E-state index contributed by atoms with van der Waals surface area (Å²) in [5.41, 5.74) is -2.86. The van der Waals surface area contributed by atoms with E-state index in [1.165, 1.54) is 33.7 Å². The number of ether oxygens (including phenoxy) is 2. The van der Waals surface area contributed by atoms with Gasteiger partial charge in [0, 0.05) is 17.0 Å². The Hall–Kier alpha value is -3.77. The van der Waals surface area contributed by atoms with Gasteiger partial charge in [-0.25, -0.2) is 4.98 Å². The Morgan fingerprint density at radius 1 is 0.891 bits per heavy atom. The summed E-state index contributed by atoms with van der Waals surface area (Å²) in [4.78, 5) is 35.8. The number of Topliss-reactive ketones (excluding diaryl/α,β-unsaturated/α-hetero) is 2. The molecule has 64 heavy (non-hydrogen) atoms. The molecule has 3 fully saturated rings. The number of nitrogens with zero attached hydrogens (tertiary/aromatic N) is 1. The van der Waals surface area contributed by atoms with Crippen LogP contribution in [-0.4, -0.2) is 106 Å². The number of hydrogen-bond donors (Lipinski definition) is 8. The number of benzene rings is 2. The van der Waals surface area contributed by atoms with Crippen molar-refractivity contribution in [1.29, 1.82) is 0 Å². The molecular weight excluding hydrogens is 857 g/mol. The number of ketones is 2. The molecule has 15 heteroatoms. The monoisotopic (exact) mass is 914 g/mol. The second kappa shape index (κ2) is 18.1. The fourth-order valence-corrected chi connectivity index (χ4v) is 14.4. The van der Waals surface area contributed by atoms with Crippen LogP contribution in [0, 0.1) is 11.3 Å². The van der Waals surface area contributed by atoms with Crippen molar-refractivity contribution >= 4 is 39.0 Å². The number of pyridine rings is 1. The first-order valence-corrected chi connectivity index (χ1v) is 25.0. The van der Waals surface area contributed by atoms with Crippen LogP contribution in [0.25, 0.3) is 0 Å². The molecule has 2 saturated carbocycles. The minimum absolute atomic E-state index is 0.0443. The van der Waals surface area contributed by atoms with E-state index < -0.39 is 76.0 Å². The number of aromatic nitrogens is 1. The fourth-order valence-electron chi connectivity index (χ4n) is 11.6. The van der Waals surface area contributed by atoms with E-state index in [2.05, 4.69) is 10.3 Å². The van der Waals surface area contributed by atoms with E-state index in [9.17, 15) is 35.7 Å². The molecule has 2 spiro atoms. The van der Waals surface area contributed by atoms with Crippen LogP contribution in [0.5, 0.6) is 5.75 Å². The molecule has 8 N–H and O–H groups in total. The quantitative estimate of drug-likeness (QED) is 0.123. The molecule has 6 aliphatic rings. The molecule has 0 radical (unpaired) electrons. The number of carbonyl (C=O) groups is 2. The lowest BCUT2D eigenvalue weighted by Gasteiger charge is -2.51. The molecule has 342 valence electrons. The summed E-state index contributed by atoms with van der Waals surface area (Å²) in [6.45, 7) is -0.876. The van der Waals surface area contributed by atoms with Crippen molar-refractivity contribution in [1.82, 2.24) is 4.98 Å². The lowest BCUT2D eigenvalue weighted by Crippen LogP contribution is -2.69. The van der Waals surface area contributed by atoms with Gasteiger partial charge >= 0.3 is 0 Å². The number of carbonyl (C=O) groups excluding carboxylic acids is 2. The first kappa shape index (κ1) is 45.4. The van der Waals surface area contributed by atoms with Crippen LogP contribution >= 0.6 is 21.6 Å². The van der Waals surface area contributed by atoms with Gasteiger partial charge in [0.15, 0.2) is 11.6 Å². The van der Waals surface area contributed by atoms with E-state index in [0.29, 0.717) is 61.4 Å². The molecule has 1 saturated heterocycles. The second-order valence-corrected chi connectivity index (χ2v) is 21.4. The highest BCUT2D eigenvalue weighted by atomic mass is 33.1. The highest BCUT2D eigenvalue weighted by Gasteiger charge is 2.63. The minimum Gasteiger partial charge on any atom is -0.511 e. The molecular formula is C49H58N2O11S2. The summed E-state index contributed by atoms with van der Waals surface area (Å²) in [6, 6.07) is 15.8. The molecule has 6 bridgehead atoms. The molecule has 8 atom stereocenters. The van der Waals surface area contributed by atoms with E-state index in [1.54, 1.807) is 30.5 Å². The second-order valence-electron chi connectivity index (χ2n) is 18.8. The lowest BCUT2D eigenvalue weighted by molar-refractivity contribution is -0.318. The van der Waals surface area contributed by atoms with Gasteiger partial charge < -0.3 is 50.5 Å². The summed E-state index contributed by atoms with van der Waals surface area (Å²) < 4.78 is 12.5. The van der Waals surface area contributed by atoms with Crippen LogP contribution < -0.4 is 10.1 Å². The van der Waals surface area contributed by atoms with Gasteiger partial charge in [-0.1, -0.05) is 96.2 Å². The predicted molar refractivity (Wildman–Crippen MR) is 243 cm³/mol. The normalized spacial score (nSPS) is 32.3. The van der Waals surface area contributed by atoms with Crippen molar-refractivity contribution in [2.24, 2.45) is 11.3 Å². The highest BCUT2D eigenvalue weighted by Crippen LogP contribution is 2.59. The SMILES string of the molecule is O=C1c2cccc3c2C(=O)[C@@]2(C(O)=CC(Cc4cccc(CO)c4)=C[C@H]12)[C@H](CCC1(O)CCCCC1)SSCNc1cc(ccn1)C1(CCCC1)C[C@]1(O)[C@H](O)[C@@H](CO)O[C@@H](O3)[C@@H]1O. The summed E-state index contributed by atoms with van der Waals surface area (Å²) >= 11 is 0. The van der Waals surface area contributed by atoms with Crippen LogP contribution in [0.4, 0.5) is 5.82 Å². The number of nitrogens with one attached hydrogen (secondary N) is 1. The Balaban J connectivity index is 1.19. The molecule has 0 amide bonds. The maximum Gasteiger partial charge on any atom is 0.229 e. The summed E-state index contributed by atoms with van der Waals surface area (Å²) in [7, 11) is 2.80. The van der Waals surface area contributed by atoms with Crippen LogP contribution in [0.15, 0.2) is 84.3 Å². The number of hydrogen-bond acceptors (Lipinski definition) is 15. The highest BCUT2D eigenvalue weighted by molar-refractivity contribution is 8.77. The summed E-state index contributed by atoms with van der Waals surface area (Å²) in [6.07, 6.45) is 6.08. The van der Waals surface area contributed by atoms with Gasteiger partial charge in [-0.05, 0) is 103 Å². The molecule has 9 rings (SSSR count). The predicted octanol–water partition coefficient (Wildman–Crippen LogP) is 6.24. The summed E-state index contributed by atoms with van der Waals surface area (Å²) in [5, 5.41) is 84.0. The maximum absolute atomic E-state index is 15.9. The van der Waals surface area contributed by atoms with Crippen molar-refractivity contribution in [3.63, 3.8) is 0 Å². The third kappa shape index (κ3) is 8.02. The van der Waals surface area contributed by atoms with Crippen LogP contribution in [0.2, 0.25) is 0 Å². The first-order valence-electron chi connectivity index (χ1n) is 22.6. The van der Waals surface area contributed by atoms with E-state index in [-0.39, 0.29) is 42.1 Å². The number of rotatable bonds is 7. The number of allylic oxidation sites excluding steroid dienone is 4. The van der Waals surface area contributed by atoms with Gasteiger partial charge in [0.25, 0.3) is 0 Å². The molecule has 3 aromatic rings. The zero-order valence-corrected chi connectivity index (χ0v) is 37.4. The van der Waals surface area contributed by atoms with E-state index in [0.717, 1.165) is 43.2 Å². The Morgan fingerprint density at radius 2 is 1.64 bits per heavy atom. The molecule has 4 aliphatic carbocycles. The number of aliphatic hydroxyl groups is 7. The minimum atomic E-state index is -2.26. The summed E-state index contributed by atoms with van der Waals surface area (Å²) in [5.74, 6) is -1.75.